The smallest absolute Gasteiger partial charge is 0.249 e. The number of nitrogens with zero attached hydrogens (tertiary/aromatic N) is 4. The number of aromatic nitrogens is 2. The molecule has 0 saturated heterocycles. The van der Waals surface area contributed by atoms with E-state index in [1.807, 2.05) is 0 Å². The maximum atomic E-state index is 13.3. The molecule has 18 heavy (non-hydrogen) atoms. The summed E-state index contributed by atoms with van der Waals surface area (Å²) in [7, 11) is 0. The summed E-state index contributed by atoms with van der Waals surface area (Å²) in [4.78, 5) is 20.2. The molecule has 0 aromatic carbocycles. The van der Waals surface area contributed by atoms with E-state index in [-0.39, 0.29) is 9.80 Å². The SMILES string of the molecule is [2H]C([2H])([2H])N1C(=O)C(C([2H])([2H])C([2H])([2H])[2H])N(C([2H])(C([2H])([2H])[2H])C([2H])([2H])[2H])c2nc(Cl)ncc21. The predicted octanol–water partition coefficient (Wildman–Crippen LogP) is 2.10. The van der Waals surface area contributed by atoms with Crippen molar-refractivity contribution in [2.45, 2.75) is 39.0 Å². The fourth-order valence-corrected chi connectivity index (χ4v) is 1.64. The lowest BCUT2D eigenvalue weighted by molar-refractivity contribution is -0.120. The molecule has 2 rings (SSSR count). The number of hydrogen-bond donors (Lipinski definition) is 0. The van der Waals surface area contributed by atoms with Gasteiger partial charge in [0.05, 0.1) is 7.57 Å². The topological polar surface area (TPSA) is 49.3 Å². The number of carbonyl (C=O) groups excluding carboxylic acids is 1. The first-order chi connectivity index (χ1) is 14.4. The summed E-state index contributed by atoms with van der Waals surface area (Å²) in [6, 6.07) is -6.81. The Bertz CT molecular complexity index is 923. The maximum absolute atomic E-state index is 13.3. The average Bonchev–Trinajstić information content (AvgIpc) is 2.55. The molecule has 0 fully saturated rings. The van der Waals surface area contributed by atoms with Crippen molar-refractivity contribution in [2.24, 2.45) is 0 Å². The molecule has 0 bridgehead atoms. The van der Waals surface area contributed by atoms with Gasteiger partial charge in [-0.3, -0.25) is 4.79 Å². The second-order valence-corrected chi connectivity index (χ2v) is 3.63. The molecule has 2 heterocycles. The molecule has 5 nitrogen and oxygen atoms in total. The summed E-state index contributed by atoms with van der Waals surface area (Å²) < 4.78 is 117. The zero-order valence-corrected chi connectivity index (χ0v) is 9.49. The molecule has 1 amide bonds. The Kier molecular flexibility index (Phi) is 1.00. The summed E-state index contributed by atoms with van der Waals surface area (Å²) in [5.74, 6) is -2.86. The molecule has 1 atom stereocenters. The van der Waals surface area contributed by atoms with Crippen LogP contribution in [-0.2, 0) is 4.79 Å². The number of hydrogen-bond acceptors (Lipinski definition) is 4. The number of rotatable bonds is 2. The molecule has 1 aliphatic heterocycles. The van der Waals surface area contributed by atoms with Crippen LogP contribution in [0.2, 0.25) is 5.28 Å². The highest BCUT2D eigenvalue weighted by Gasteiger charge is 2.38. The third-order valence-corrected chi connectivity index (χ3v) is 2.46. The number of fused-ring (bicyclic) bond motifs is 1. The summed E-state index contributed by atoms with van der Waals surface area (Å²) in [6.45, 7) is -14.7. The Labute approximate surface area is 133 Å². The van der Waals surface area contributed by atoms with E-state index in [9.17, 15) is 4.79 Å². The Morgan fingerprint density at radius 1 is 1.72 bits per heavy atom. The minimum atomic E-state index is -3.87. The van der Waals surface area contributed by atoms with Crippen LogP contribution in [0.25, 0.3) is 0 Å². The molecule has 98 valence electrons. The molecule has 1 aromatic rings. The third kappa shape index (κ3) is 1.92. The van der Waals surface area contributed by atoms with Crippen LogP contribution in [0.4, 0.5) is 11.5 Å². The van der Waals surface area contributed by atoms with Crippen molar-refractivity contribution < 1.29 is 25.4 Å². The molecule has 0 aliphatic carbocycles. The standard InChI is InChI=1S/C12H17ClN4O/c1-5-8-11(18)16(4)9-6-14-12(13)15-10(9)17(8)7(2)3/h6-8H,5H2,1-4H3/i1D3,2D3,3D3,4D3,5D2,7D. The van der Waals surface area contributed by atoms with E-state index in [2.05, 4.69) is 9.97 Å². The Morgan fingerprint density at radius 2 is 2.56 bits per heavy atom. The summed E-state index contributed by atoms with van der Waals surface area (Å²) in [6.07, 6.45) is -3.12. The predicted molar refractivity (Wildman–Crippen MR) is 72.1 cm³/mol. The molecule has 0 radical (unpaired) electrons. The molecule has 6 heteroatoms. The number of amides is 1. The Morgan fingerprint density at radius 3 is 3.22 bits per heavy atom. The van der Waals surface area contributed by atoms with Gasteiger partial charge in [-0.1, -0.05) is 6.85 Å². The molecule has 1 aromatic heterocycles. The Hall–Kier alpha value is -1.36. The van der Waals surface area contributed by atoms with Crippen LogP contribution >= 0.6 is 11.6 Å². The van der Waals surface area contributed by atoms with Gasteiger partial charge in [-0.25, -0.2) is 4.98 Å². The van der Waals surface area contributed by atoms with Gasteiger partial charge in [0, 0.05) is 32.2 Å². The number of halogens is 1. The first kappa shape index (κ1) is 3.82. The van der Waals surface area contributed by atoms with Crippen LogP contribution in [-0.4, -0.2) is 34.9 Å². The molecule has 0 spiro atoms. The van der Waals surface area contributed by atoms with Gasteiger partial charge in [0.25, 0.3) is 0 Å². The van der Waals surface area contributed by atoms with E-state index < -0.39 is 68.7 Å². The van der Waals surface area contributed by atoms with Crippen LogP contribution in [0.1, 0.15) is 47.5 Å². The van der Waals surface area contributed by atoms with Crippen LogP contribution < -0.4 is 9.80 Å². The zero-order chi connectivity index (χ0) is 26.2. The zero-order valence-electron chi connectivity index (χ0n) is 23.7. The largest absolute Gasteiger partial charge is 0.340 e. The summed E-state index contributed by atoms with van der Waals surface area (Å²) in [5, 5.41) is -0.704. The van der Waals surface area contributed by atoms with Gasteiger partial charge in [-0.05, 0) is 31.7 Å². The second-order valence-electron chi connectivity index (χ2n) is 3.29. The van der Waals surface area contributed by atoms with Crippen molar-refractivity contribution in [3.8, 4) is 0 Å². The monoisotopic (exact) mass is 283 g/mol. The maximum Gasteiger partial charge on any atom is 0.249 e. The van der Waals surface area contributed by atoms with Gasteiger partial charge in [-0.2, -0.15) is 4.98 Å². The van der Waals surface area contributed by atoms with Crippen molar-refractivity contribution >= 4 is 29.0 Å². The van der Waals surface area contributed by atoms with Crippen LogP contribution in [0.5, 0.6) is 0 Å². The van der Waals surface area contributed by atoms with Crippen LogP contribution in [0.15, 0.2) is 6.20 Å². The van der Waals surface area contributed by atoms with E-state index in [1.165, 1.54) is 0 Å². The minimum absolute atomic E-state index is 0.0527. The fourth-order valence-electron chi connectivity index (χ4n) is 1.52. The number of carbonyl (C=O) groups is 1. The summed E-state index contributed by atoms with van der Waals surface area (Å²) >= 11 is 5.73. The van der Waals surface area contributed by atoms with Crippen molar-refractivity contribution in [3.05, 3.63) is 11.5 Å². The third-order valence-electron chi connectivity index (χ3n) is 2.28. The first-order valence-electron chi connectivity index (χ1n) is 12.1. The van der Waals surface area contributed by atoms with Gasteiger partial charge in [0.1, 0.15) is 11.7 Å². The molecule has 1 unspecified atom stereocenters. The number of anilines is 2. The molecular weight excluding hydrogens is 252 g/mol. The van der Waals surface area contributed by atoms with E-state index in [1.54, 1.807) is 0 Å². The quantitative estimate of drug-likeness (QED) is 0.780. The molecule has 0 N–H and O–H groups in total. The lowest BCUT2D eigenvalue weighted by Gasteiger charge is -2.42. The fraction of sp³-hybridized carbons (Fsp3) is 0.583. The van der Waals surface area contributed by atoms with Crippen molar-refractivity contribution in [1.82, 2.24) is 9.97 Å². The number of likely N-dealkylation sites (N-methyl/N-ethyl adjacent to an activating group) is 1. The van der Waals surface area contributed by atoms with Crippen molar-refractivity contribution in [1.29, 1.82) is 0 Å². The summed E-state index contributed by atoms with van der Waals surface area (Å²) in [5.41, 5.74) is -0.813. The van der Waals surface area contributed by atoms with Gasteiger partial charge in [0.15, 0.2) is 5.82 Å². The highest BCUT2D eigenvalue weighted by atomic mass is 35.5. The van der Waals surface area contributed by atoms with Crippen LogP contribution in [0, 0.1) is 0 Å². The second kappa shape index (κ2) is 4.72. The highest BCUT2D eigenvalue weighted by molar-refractivity contribution is 6.28. The molecular formula is C12H17ClN4O. The highest BCUT2D eigenvalue weighted by Crippen LogP contribution is 2.35. The molecule has 0 saturated carbocycles. The van der Waals surface area contributed by atoms with Gasteiger partial charge < -0.3 is 9.80 Å². The lowest BCUT2D eigenvalue weighted by Crippen LogP contribution is -2.54. The van der Waals surface area contributed by atoms with Gasteiger partial charge in [-0.15, -0.1) is 0 Å². The van der Waals surface area contributed by atoms with Crippen LogP contribution in [0.3, 0.4) is 0 Å². The van der Waals surface area contributed by atoms with Gasteiger partial charge >= 0.3 is 0 Å². The van der Waals surface area contributed by atoms with Gasteiger partial charge in [0.2, 0.25) is 11.2 Å². The van der Waals surface area contributed by atoms with E-state index in [0.29, 0.717) is 6.20 Å². The lowest BCUT2D eigenvalue weighted by atomic mass is 10.1. The normalized spacial score (nSPS) is 35.9. The Balaban J connectivity index is 3.14. The first-order valence-corrected chi connectivity index (χ1v) is 4.94. The van der Waals surface area contributed by atoms with Crippen molar-refractivity contribution in [3.63, 3.8) is 0 Å². The van der Waals surface area contributed by atoms with E-state index in [0.717, 1.165) is 0 Å². The average molecular weight is 284 g/mol. The molecule has 1 aliphatic rings. The van der Waals surface area contributed by atoms with E-state index >= 15 is 0 Å². The van der Waals surface area contributed by atoms with E-state index in [4.69, 9.17) is 32.2 Å². The van der Waals surface area contributed by atoms with Crippen molar-refractivity contribution in [2.75, 3.05) is 16.8 Å². The minimum Gasteiger partial charge on any atom is -0.340 e.